The number of unbranched alkanes of at least 4 members (excludes halogenated alkanes) is 1. The molecule has 3 amide bonds. The molecule has 2 aromatic carbocycles. The Morgan fingerprint density at radius 1 is 0.976 bits per heavy atom. The van der Waals surface area contributed by atoms with Crippen molar-refractivity contribution in [2.75, 3.05) is 32.7 Å². The zero-order valence-corrected chi connectivity index (χ0v) is 24.9. The fraction of sp³-hybridized carbons (Fsp3) is 0.545. The first-order valence-corrected chi connectivity index (χ1v) is 15.0. The van der Waals surface area contributed by atoms with Gasteiger partial charge < -0.3 is 25.2 Å². The molecule has 0 bridgehead atoms. The molecule has 2 saturated heterocycles. The molecule has 2 heterocycles. The zero-order chi connectivity index (χ0) is 29.3. The molecule has 222 valence electrons. The lowest BCUT2D eigenvalue weighted by atomic mass is 9.79. The Morgan fingerprint density at radius 3 is 2.24 bits per heavy atom. The highest BCUT2D eigenvalue weighted by Gasteiger charge is 2.54. The smallest absolute Gasteiger partial charge is 0.407 e. The third kappa shape index (κ3) is 8.55. The first-order valence-electron chi connectivity index (χ1n) is 15.0. The molecule has 2 aliphatic heterocycles. The van der Waals surface area contributed by atoms with Crippen molar-refractivity contribution in [1.29, 1.82) is 0 Å². The van der Waals surface area contributed by atoms with Crippen LogP contribution in [0.4, 0.5) is 4.79 Å². The monoisotopic (exact) mass is 562 g/mol. The van der Waals surface area contributed by atoms with Gasteiger partial charge in [0.15, 0.2) is 0 Å². The number of hydrogen-bond donors (Lipinski definition) is 2. The van der Waals surface area contributed by atoms with E-state index in [-0.39, 0.29) is 23.8 Å². The number of piperazine rings is 1. The molecule has 0 saturated carbocycles. The van der Waals surface area contributed by atoms with Crippen molar-refractivity contribution < 1.29 is 19.1 Å². The number of ether oxygens (including phenoxy) is 1. The van der Waals surface area contributed by atoms with E-state index < -0.39 is 17.7 Å². The van der Waals surface area contributed by atoms with Gasteiger partial charge in [-0.05, 0) is 55.1 Å². The first kappa shape index (κ1) is 30.6. The van der Waals surface area contributed by atoms with Gasteiger partial charge in [0.1, 0.15) is 18.2 Å². The highest BCUT2D eigenvalue weighted by molar-refractivity contribution is 6.00. The van der Waals surface area contributed by atoms with Crippen molar-refractivity contribution in [2.24, 2.45) is 5.41 Å². The van der Waals surface area contributed by atoms with E-state index in [1.807, 2.05) is 41.3 Å². The fourth-order valence-electron chi connectivity index (χ4n) is 5.79. The minimum absolute atomic E-state index is 0.0170. The first-order chi connectivity index (χ1) is 19.7. The largest absolute Gasteiger partial charge is 0.445 e. The highest BCUT2D eigenvalue weighted by Crippen LogP contribution is 2.36. The minimum atomic E-state index is -0.784. The van der Waals surface area contributed by atoms with Crippen LogP contribution in [0.2, 0.25) is 0 Å². The van der Waals surface area contributed by atoms with Crippen molar-refractivity contribution >= 4 is 17.9 Å². The van der Waals surface area contributed by atoms with Crippen LogP contribution in [-0.4, -0.2) is 72.0 Å². The summed E-state index contributed by atoms with van der Waals surface area (Å²) in [6.45, 7) is 10.1. The molecule has 0 radical (unpaired) electrons. The lowest BCUT2D eigenvalue weighted by Gasteiger charge is -2.53. The fourth-order valence-corrected chi connectivity index (χ4v) is 5.79. The van der Waals surface area contributed by atoms with E-state index in [1.165, 1.54) is 5.56 Å². The van der Waals surface area contributed by atoms with Gasteiger partial charge >= 0.3 is 6.09 Å². The Bertz CT molecular complexity index is 1140. The molecular weight excluding hydrogens is 516 g/mol. The van der Waals surface area contributed by atoms with Crippen molar-refractivity contribution in [1.82, 2.24) is 20.4 Å². The predicted molar refractivity (Wildman–Crippen MR) is 160 cm³/mol. The van der Waals surface area contributed by atoms with Gasteiger partial charge in [0.25, 0.3) is 0 Å². The van der Waals surface area contributed by atoms with Crippen LogP contribution < -0.4 is 10.6 Å². The van der Waals surface area contributed by atoms with Crippen molar-refractivity contribution in [3.05, 3.63) is 71.8 Å². The van der Waals surface area contributed by atoms with Crippen molar-refractivity contribution in [3.63, 3.8) is 0 Å². The average molecular weight is 563 g/mol. The van der Waals surface area contributed by atoms with Gasteiger partial charge in [0.2, 0.25) is 11.8 Å². The number of nitrogens with one attached hydrogen (secondary N) is 2. The number of rotatable bonds is 11. The van der Waals surface area contributed by atoms with Crippen LogP contribution in [0.15, 0.2) is 60.7 Å². The second-order valence-electron chi connectivity index (χ2n) is 12.6. The number of piperidine rings is 1. The van der Waals surface area contributed by atoms with E-state index in [9.17, 15) is 14.4 Å². The van der Waals surface area contributed by atoms with Crippen molar-refractivity contribution in [3.8, 4) is 0 Å². The summed E-state index contributed by atoms with van der Waals surface area (Å²) in [4.78, 5) is 43.8. The topological polar surface area (TPSA) is 91.0 Å². The molecule has 8 heteroatoms. The summed E-state index contributed by atoms with van der Waals surface area (Å²) < 4.78 is 5.25. The highest BCUT2D eigenvalue weighted by atomic mass is 16.5. The van der Waals surface area contributed by atoms with Gasteiger partial charge in [0.05, 0.1) is 0 Å². The maximum Gasteiger partial charge on any atom is 0.407 e. The number of carbonyl (C=O) groups excluding carboxylic acids is 3. The molecular formula is C33H46N4O4. The van der Waals surface area contributed by atoms with Gasteiger partial charge in [-0.15, -0.1) is 0 Å². The number of hydrogen-bond acceptors (Lipinski definition) is 5. The van der Waals surface area contributed by atoms with Gasteiger partial charge in [-0.2, -0.15) is 0 Å². The Hall–Kier alpha value is -3.39. The standard InChI is InChI=1S/C33H46N4O4/c1-32(2,3)25-37-29(38)28(16-10-11-20-34-31(40)41-24-27-14-8-5-9-15-27)35-30(39)33(37)18-22-36(23-19-33)21-17-26-12-6-4-7-13-26/h4-9,12-15,28H,10-11,16-25H2,1-3H3,(H,34,40)(H,35,39)/t28-/m0/s1. The molecule has 2 fully saturated rings. The maximum atomic E-state index is 13.8. The number of alkyl carbamates (subject to hydrolysis) is 1. The summed E-state index contributed by atoms with van der Waals surface area (Å²) in [5.41, 5.74) is 1.34. The van der Waals surface area contributed by atoms with Gasteiger partial charge in [0, 0.05) is 32.7 Å². The third-order valence-electron chi connectivity index (χ3n) is 8.09. The van der Waals surface area contributed by atoms with E-state index in [0.717, 1.165) is 31.6 Å². The van der Waals surface area contributed by atoms with E-state index in [1.54, 1.807) is 0 Å². The number of likely N-dealkylation sites (tertiary alicyclic amines) is 1. The Labute approximate surface area is 244 Å². The lowest BCUT2D eigenvalue weighted by Crippen LogP contribution is -2.73. The average Bonchev–Trinajstić information content (AvgIpc) is 2.97. The van der Waals surface area contributed by atoms with Crippen LogP contribution in [0.1, 0.15) is 64.0 Å². The molecule has 4 rings (SSSR count). The molecule has 2 aromatic rings. The second-order valence-corrected chi connectivity index (χ2v) is 12.6. The number of amides is 3. The quantitative estimate of drug-likeness (QED) is 0.393. The summed E-state index contributed by atoms with van der Waals surface area (Å²) in [5.74, 6) is 0.00386. The predicted octanol–water partition coefficient (Wildman–Crippen LogP) is 4.53. The Balaban J connectivity index is 1.26. The number of benzene rings is 2. The molecule has 2 aliphatic rings. The zero-order valence-electron chi connectivity index (χ0n) is 24.9. The summed E-state index contributed by atoms with van der Waals surface area (Å²) in [5, 5.41) is 5.87. The maximum absolute atomic E-state index is 13.8. The molecule has 1 spiro atoms. The van der Waals surface area contributed by atoms with Crippen LogP contribution in [0.5, 0.6) is 0 Å². The van der Waals surface area contributed by atoms with Gasteiger partial charge in [-0.1, -0.05) is 81.4 Å². The van der Waals surface area contributed by atoms with Crippen LogP contribution in [-0.2, 0) is 27.4 Å². The molecule has 41 heavy (non-hydrogen) atoms. The molecule has 0 unspecified atom stereocenters. The molecule has 8 nitrogen and oxygen atoms in total. The SMILES string of the molecule is CC(C)(C)CN1C(=O)[C@H](CCCCNC(=O)OCc2ccccc2)NC(=O)C12CCN(CCc1ccccc1)CC2. The second kappa shape index (κ2) is 14.0. The number of nitrogens with zero attached hydrogens (tertiary/aromatic N) is 2. The summed E-state index contributed by atoms with van der Waals surface area (Å²) in [6, 6.07) is 19.5. The molecule has 0 aliphatic carbocycles. The number of carbonyl (C=O) groups is 3. The van der Waals surface area contributed by atoms with Crippen LogP contribution in [0.3, 0.4) is 0 Å². The summed E-state index contributed by atoms with van der Waals surface area (Å²) >= 11 is 0. The van der Waals surface area contributed by atoms with Gasteiger partial charge in [-0.3, -0.25) is 9.59 Å². The summed E-state index contributed by atoms with van der Waals surface area (Å²) in [6.07, 6.45) is 3.77. The Kier molecular flexibility index (Phi) is 10.4. The molecule has 1 atom stereocenters. The van der Waals surface area contributed by atoms with E-state index in [4.69, 9.17) is 4.74 Å². The third-order valence-corrected chi connectivity index (χ3v) is 8.09. The van der Waals surface area contributed by atoms with Crippen LogP contribution in [0.25, 0.3) is 0 Å². The van der Waals surface area contributed by atoms with Crippen LogP contribution >= 0.6 is 0 Å². The molecule has 2 N–H and O–H groups in total. The lowest BCUT2D eigenvalue weighted by molar-refractivity contribution is -0.163. The van der Waals surface area contributed by atoms with E-state index in [0.29, 0.717) is 45.2 Å². The summed E-state index contributed by atoms with van der Waals surface area (Å²) in [7, 11) is 0. The Morgan fingerprint density at radius 2 is 1.61 bits per heavy atom. The van der Waals surface area contributed by atoms with E-state index in [2.05, 4.69) is 60.6 Å². The van der Waals surface area contributed by atoms with Crippen molar-refractivity contribution in [2.45, 2.75) is 77.5 Å². The molecule has 0 aromatic heterocycles. The van der Waals surface area contributed by atoms with Gasteiger partial charge in [-0.25, -0.2) is 4.79 Å². The minimum Gasteiger partial charge on any atom is -0.445 e. The normalized spacial score (nSPS) is 19.2. The van der Waals surface area contributed by atoms with Crippen LogP contribution in [0, 0.1) is 5.41 Å². The van der Waals surface area contributed by atoms with E-state index >= 15 is 0 Å².